The molecule has 0 radical (unpaired) electrons. The number of carbonyl (C=O) groups is 1. The van der Waals surface area contributed by atoms with E-state index in [9.17, 15) is 9.59 Å². The first-order valence-electron chi connectivity index (χ1n) is 8.89. The van der Waals surface area contributed by atoms with E-state index in [0.29, 0.717) is 11.6 Å². The topological polar surface area (TPSA) is 68.1 Å². The molecule has 1 heterocycles. The SMILES string of the molecule is Cc1c(NC(=O)NC2CCCC(C)C2)c(=O)n(-c2ccccc2)n1C. The zero-order valence-electron chi connectivity index (χ0n) is 15.1. The molecule has 2 unspecified atom stereocenters. The van der Waals surface area contributed by atoms with E-state index in [-0.39, 0.29) is 17.6 Å². The molecule has 0 bridgehead atoms. The van der Waals surface area contributed by atoms with Gasteiger partial charge in [0.15, 0.2) is 0 Å². The Morgan fingerprint density at radius 2 is 1.92 bits per heavy atom. The van der Waals surface area contributed by atoms with Gasteiger partial charge in [-0.25, -0.2) is 9.48 Å². The summed E-state index contributed by atoms with van der Waals surface area (Å²) in [5, 5.41) is 5.78. The minimum Gasteiger partial charge on any atom is -0.335 e. The molecule has 25 heavy (non-hydrogen) atoms. The molecular formula is C19H26N4O2. The van der Waals surface area contributed by atoms with Gasteiger partial charge in [-0.05, 0) is 37.8 Å². The van der Waals surface area contributed by atoms with Crippen LogP contribution in [0.5, 0.6) is 0 Å². The fraction of sp³-hybridized carbons (Fsp3) is 0.474. The van der Waals surface area contributed by atoms with Crippen molar-refractivity contribution in [1.29, 1.82) is 0 Å². The van der Waals surface area contributed by atoms with Gasteiger partial charge in [0, 0.05) is 13.1 Å². The van der Waals surface area contributed by atoms with E-state index in [4.69, 9.17) is 0 Å². The van der Waals surface area contributed by atoms with E-state index >= 15 is 0 Å². The molecular weight excluding hydrogens is 316 g/mol. The van der Waals surface area contributed by atoms with E-state index in [2.05, 4.69) is 17.6 Å². The molecule has 3 rings (SSSR count). The van der Waals surface area contributed by atoms with Crippen molar-refractivity contribution >= 4 is 11.7 Å². The van der Waals surface area contributed by atoms with E-state index in [1.807, 2.05) is 44.3 Å². The second-order valence-corrected chi connectivity index (χ2v) is 7.00. The van der Waals surface area contributed by atoms with Crippen LogP contribution in [0.2, 0.25) is 0 Å². The zero-order valence-corrected chi connectivity index (χ0v) is 15.1. The van der Waals surface area contributed by atoms with E-state index < -0.39 is 0 Å². The Morgan fingerprint density at radius 3 is 2.60 bits per heavy atom. The van der Waals surface area contributed by atoms with Gasteiger partial charge in [0.2, 0.25) is 0 Å². The van der Waals surface area contributed by atoms with Crippen molar-refractivity contribution in [2.45, 2.75) is 45.6 Å². The highest BCUT2D eigenvalue weighted by atomic mass is 16.2. The standard InChI is InChI=1S/C19H26N4O2/c1-13-8-7-9-15(12-13)20-19(25)21-17-14(2)22(3)23(18(17)24)16-10-5-4-6-11-16/h4-6,10-11,13,15H,7-9,12H2,1-3H3,(H2,20,21,25). The number of amides is 2. The molecule has 1 aliphatic carbocycles. The van der Waals surface area contributed by atoms with Crippen LogP contribution in [-0.4, -0.2) is 21.4 Å². The van der Waals surface area contributed by atoms with Crippen molar-refractivity contribution in [1.82, 2.24) is 14.7 Å². The fourth-order valence-corrected chi connectivity index (χ4v) is 3.61. The Morgan fingerprint density at radius 1 is 1.20 bits per heavy atom. The Balaban J connectivity index is 1.79. The molecule has 2 atom stereocenters. The summed E-state index contributed by atoms with van der Waals surface area (Å²) < 4.78 is 3.32. The third kappa shape index (κ3) is 3.62. The molecule has 1 aromatic carbocycles. The first-order valence-corrected chi connectivity index (χ1v) is 8.89. The van der Waals surface area contributed by atoms with Crippen molar-refractivity contribution in [3.8, 4) is 5.69 Å². The molecule has 1 saturated carbocycles. The van der Waals surface area contributed by atoms with Gasteiger partial charge < -0.3 is 10.6 Å². The Hall–Kier alpha value is -2.50. The summed E-state index contributed by atoms with van der Waals surface area (Å²) in [6.07, 6.45) is 4.35. The first-order chi connectivity index (χ1) is 12.0. The molecule has 134 valence electrons. The van der Waals surface area contributed by atoms with Gasteiger partial charge in [-0.1, -0.05) is 38.0 Å². The average Bonchev–Trinajstić information content (AvgIpc) is 2.79. The maximum atomic E-state index is 12.8. The van der Waals surface area contributed by atoms with Crippen LogP contribution < -0.4 is 16.2 Å². The van der Waals surface area contributed by atoms with Gasteiger partial charge in [-0.2, -0.15) is 0 Å². The smallest absolute Gasteiger partial charge is 0.319 e. The monoisotopic (exact) mass is 342 g/mol. The highest BCUT2D eigenvalue weighted by Gasteiger charge is 2.22. The number of nitrogens with one attached hydrogen (secondary N) is 2. The molecule has 6 heteroatoms. The van der Waals surface area contributed by atoms with Crippen molar-refractivity contribution in [2.75, 3.05) is 5.32 Å². The predicted octanol–water partition coefficient (Wildman–Crippen LogP) is 3.18. The molecule has 0 saturated heterocycles. The Kier molecular flexibility index (Phi) is 4.97. The maximum absolute atomic E-state index is 12.8. The molecule has 2 aromatic rings. The second kappa shape index (κ2) is 7.17. The van der Waals surface area contributed by atoms with Gasteiger partial charge in [-0.3, -0.25) is 9.48 Å². The average molecular weight is 342 g/mol. The molecule has 1 fully saturated rings. The van der Waals surface area contributed by atoms with E-state index in [1.54, 1.807) is 9.36 Å². The van der Waals surface area contributed by atoms with Crippen LogP contribution in [0.15, 0.2) is 35.1 Å². The van der Waals surface area contributed by atoms with Gasteiger partial charge in [0.25, 0.3) is 5.56 Å². The quantitative estimate of drug-likeness (QED) is 0.899. The number of carbonyl (C=O) groups excluding carboxylic acids is 1. The van der Waals surface area contributed by atoms with Gasteiger partial charge in [-0.15, -0.1) is 0 Å². The fourth-order valence-electron chi connectivity index (χ4n) is 3.61. The zero-order chi connectivity index (χ0) is 18.0. The largest absolute Gasteiger partial charge is 0.335 e. The van der Waals surface area contributed by atoms with Gasteiger partial charge in [0.1, 0.15) is 5.69 Å². The maximum Gasteiger partial charge on any atom is 0.319 e. The number of para-hydroxylation sites is 1. The number of nitrogens with zero attached hydrogens (tertiary/aromatic N) is 2. The van der Waals surface area contributed by atoms with Crippen LogP contribution in [0.4, 0.5) is 10.5 Å². The summed E-state index contributed by atoms with van der Waals surface area (Å²) in [5.41, 5.74) is 1.60. The Bertz CT molecular complexity index is 807. The Labute approximate surface area is 147 Å². The van der Waals surface area contributed by atoms with Crippen LogP contribution >= 0.6 is 0 Å². The number of aromatic nitrogens is 2. The van der Waals surface area contributed by atoms with E-state index in [1.165, 1.54) is 6.42 Å². The van der Waals surface area contributed by atoms with Crippen molar-refractivity contribution in [3.05, 3.63) is 46.4 Å². The highest BCUT2D eigenvalue weighted by Crippen LogP contribution is 2.23. The van der Waals surface area contributed by atoms with Crippen LogP contribution in [0.3, 0.4) is 0 Å². The number of anilines is 1. The highest BCUT2D eigenvalue weighted by molar-refractivity contribution is 5.90. The van der Waals surface area contributed by atoms with Crippen molar-refractivity contribution in [2.24, 2.45) is 13.0 Å². The van der Waals surface area contributed by atoms with Crippen LogP contribution in [0, 0.1) is 12.8 Å². The minimum atomic E-state index is -0.301. The lowest BCUT2D eigenvalue weighted by Gasteiger charge is -2.27. The van der Waals surface area contributed by atoms with Crippen molar-refractivity contribution < 1.29 is 4.79 Å². The van der Waals surface area contributed by atoms with E-state index in [0.717, 1.165) is 30.6 Å². The minimum absolute atomic E-state index is 0.184. The third-order valence-electron chi connectivity index (χ3n) is 5.06. The second-order valence-electron chi connectivity index (χ2n) is 7.00. The molecule has 0 aliphatic heterocycles. The molecule has 2 amide bonds. The molecule has 1 aromatic heterocycles. The van der Waals surface area contributed by atoms with Crippen LogP contribution in [0.25, 0.3) is 5.69 Å². The number of benzene rings is 1. The normalized spacial score (nSPS) is 20.3. The lowest BCUT2D eigenvalue weighted by Crippen LogP contribution is -2.41. The molecule has 6 nitrogen and oxygen atoms in total. The molecule has 1 aliphatic rings. The van der Waals surface area contributed by atoms with Crippen LogP contribution in [-0.2, 0) is 7.05 Å². The summed E-state index contributed by atoms with van der Waals surface area (Å²) >= 11 is 0. The molecule has 0 spiro atoms. The summed E-state index contributed by atoms with van der Waals surface area (Å²) in [4.78, 5) is 25.2. The lowest BCUT2D eigenvalue weighted by molar-refractivity contribution is 0.238. The predicted molar refractivity (Wildman–Crippen MR) is 99.3 cm³/mol. The summed E-state index contributed by atoms with van der Waals surface area (Å²) in [7, 11) is 1.82. The summed E-state index contributed by atoms with van der Waals surface area (Å²) in [6.45, 7) is 4.05. The number of hydrogen-bond acceptors (Lipinski definition) is 2. The molecule has 2 N–H and O–H groups in total. The number of urea groups is 1. The van der Waals surface area contributed by atoms with Crippen LogP contribution in [0.1, 0.15) is 38.3 Å². The number of rotatable bonds is 3. The summed E-state index contributed by atoms with van der Waals surface area (Å²) in [5.74, 6) is 0.632. The van der Waals surface area contributed by atoms with Gasteiger partial charge in [0.05, 0.1) is 11.4 Å². The van der Waals surface area contributed by atoms with Gasteiger partial charge >= 0.3 is 6.03 Å². The third-order valence-corrected chi connectivity index (χ3v) is 5.06. The lowest BCUT2D eigenvalue weighted by atomic mass is 9.87. The first kappa shape index (κ1) is 17.3. The number of hydrogen-bond donors (Lipinski definition) is 2. The van der Waals surface area contributed by atoms with Crippen molar-refractivity contribution in [3.63, 3.8) is 0 Å². The summed E-state index contributed by atoms with van der Waals surface area (Å²) in [6, 6.07) is 9.29.